The topological polar surface area (TPSA) is 84.6 Å². The fourth-order valence-electron chi connectivity index (χ4n) is 2.41. The molecule has 0 fully saturated rings. The van der Waals surface area contributed by atoms with E-state index in [1.807, 2.05) is 36.4 Å². The summed E-state index contributed by atoms with van der Waals surface area (Å²) < 4.78 is 6.95. The molecule has 0 saturated heterocycles. The first-order chi connectivity index (χ1) is 11.7. The summed E-state index contributed by atoms with van der Waals surface area (Å²) in [6.45, 7) is -0.243. The van der Waals surface area contributed by atoms with E-state index in [-0.39, 0.29) is 24.7 Å². The maximum atomic E-state index is 11.8. The second-order valence-electron chi connectivity index (χ2n) is 5.02. The number of aliphatic hydroxyl groups is 1. The highest BCUT2D eigenvalue weighted by molar-refractivity contribution is 5.97. The maximum Gasteiger partial charge on any atom is 0.343 e. The predicted octanol–water partition coefficient (Wildman–Crippen LogP) is 2.61. The number of benzene rings is 2. The van der Waals surface area contributed by atoms with E-state index >= 15 is 0 Å². The molecule has 0 amide bonds. The summed E-state index contributed by atoms with van der Waals surface area (Å²) >= 11 is 0. The quantitative estimate of drug-likeness (QED) is 0.728. The van der Waals surface area contributed by atoms with Gasteiger partial charge in [0, 0.05) is 5.56 Å². The molecular weight excluding hydrogens is 308 g/mol. The number of para-hydroxylation sites is 1. The number of hydrogen-bond donors (Lipinski definition) is 2. The second-order valence-corrected chi connectivity index (χ2v) is 5.02. The van der Waals surface area contributed by atoms with Gasteiger partial charge in [0.05, 0.1) is 12.3 Å². The molecule has 0 aliphatic rings. The second kappa shape index (κ2) is 6.97. The molecule has 0 atom stereocenters. The maximum absolute atomic E-state index is 11.8. The molecule has 6 heteroatoms. The molecule has 1 heterocycles. The standard InChI is InChI=1S/C18H16N2O4/c21-11-12-24-17-15(18(22)23)16(13-7-3-1-4-8-13)19-20(17)14-9-5-2-6-10-14/h1-10,21H,11-12H2,(H,22,23). The zero-order valence-electron chi connectivity index (χ0n) is 12.8. The van der Waals surface area contributed by atoms with Gasteiger partial charge in [0.2, 0.25) is 5.88 Å². The minimum absolute atomic E-state index is 0.0208. The number of aliphatic hydroxyl groups excluding tert-OH is 1. The molecule has 122 valence electrons. The molecule has 6 nitrogen and oxygen atoms in total. The molecule has 3 aromatic rings. The SMILES string of the molecule is O=C(O)c1c(-c2ccccc2)nn(-c2ccccc2)c1OCCO. The third-order valence-corrected chi connectivity index (χ3v) is 3.43. The Labute approximate surface area is 138 Å². The molecule has 2 N–H and O–H groups in total. The molecule has 0 bridgehead atoms. The molecule has 0 unspecified atom stereocenters. The molecule has 1 aromatic heterocycles. The van der Waals surface area contributed by atoms with E-state index in [0.717, 1.165) is 0 Å². The van der Waals surface area contributed by atoms with Crippen LogP contribution in [-0.2, 0) is 0 Å². The van der Waals surface area contributed by atoms with Gasteiger partial charge in [-0.3, -0.25) is 0 Å². The van der Waals surface area contributed by atoms with Gasteiger partial charge in [-0.15, -0.1) is 0 Å². The van der Waals surface area contributed by atoms with Crippen LogP contribution in [0.5, 0.6) is 5.88 Å². The summed E-state index contributed by atoms with van der Waals surface area (Å²) in [6.07, 6.45) is 0. The first-order valence-electron chi connectivity index (χ1n) is 7.43. The van der Waals surface area contributed by atoms with Gasteiger partial charge < -0.3 is 14.9 Å². The van der Waals surface area contributed by atoms with Crippen molar-refractivity contribution in [1.82, 2.24) is 9.78 Å². The third-order valence-electron chi connectivity index (χ3n) is 3.43. The summed E-state index contributed by atoms with van der Waals surface area (Å²) in [4.78, 5) is 11.8. The average molecular weight is 324 g/mol. The fourth-order valence-corrected chi connectivity index (χ4v) is 2.41. The van der Waals surface area contributed by atoms with Gasteiger partial charge in [-0.25, -0.2) is 4.79 Å². The molecule has 0 aliphatic carbocycles. The van der Waals surface area contributed by atoms with Crippen molar-refractivity contribution < 1.29 is 19.7 Å². The van der Waals surface area contributed by atoms with Crippen molar-refractivity contribution in [2.24, 2.45) is 0 Å². The Morgan fingerprint density at radius 1 is 1.04 bits per heavy atom. The molecule has 0 aliphatic heterocycles. The van der Waals surface area contributed by atoms with E-state index in [1.165, 1.54) is 4.68 Å². The van der Waals surface area contributed by atoms with E-state index in [4.69, 9.17) is 9.84 Å². The molecule has 0 radical (unpaired) electrons. The van der Waals surface area contributed by atoms with E-state index in [1.54, 1.807) is 24.3 Å². The highest BCUT2D eigenvalue weighted by Crippen LogP contribution is 2.32. The number of carboxylic acid groups (broad SMARTS) is 1. The van der Waals surface area contributed by atoms with Crippen LogP contribution in [0, 0.1) is 0 Å². The number of carbonyl (C=O) groups is 1. The van der Waals surface area contributed by atoms with Crippen molar-refractivity contribution >= 4 is 5.97 Å². The van der Waals surface area contributed by atoms with Crippen LogP contribution < -0.4 is 4.74 Å². The monoisotopic (exact) mass is 324 g/mol. The lowest BCUT2D eigenvalue weighted by Gasteiger charge is -2.09. The van der Waals surface area contributed by atoms with Crippen molar-refractivity contribution in [2.75, 3.05) is 13.2 Å². The van der Waals surface area contributed by atoms with Crippen molar-refractivity contribution in [3.8, 4) is 22.8 Å². The van der Waals surface area contributed by atoms with Crippen molar-refractivity contribution in [1.29, 1.82) is 0 Å². The van der Waals surface area contributed by atoms with Crippen LogP contribution in [0.25, 0.3) is 16.9 Å². The zero-order valence-corrected chi connectivity index (χ0v) is 12.8. The smallest absolute Gasteiger partial charge is 0.343 e. The first-order valence-corrected chi connectivity index (χ1v) is 7.43. The lowest BCUT2D eigenvalue weighted by molar-refractivity contribution is 0.0691. The van der Waals surface area contributed by atoms with Crippen molar-refractivity contribution in [3.05, 3.63) is 66.2 Å². The Morgan fingerprint density at radius 3 is 2.25 bits per heavy atom. The molecule has 0 spiro atoms. The number of ether oxygens (including phenoxy) is 1. The normalized spacial score (nSPS) is 10.5. The number of rotatable bonds is 6. The highest BCUT2D eigenvalue weighted by Gasteiger charge is 2.26. The minimum atomic E-state index is -1.14. The van der Waals surface area contributed by atoms with Gasteiger partial charge in [0.15, 0.2) is 0 Å². The van der Waals surface area contributed by atoms with Crippen LogP contribution >= 0.6 is 0 Å². The van der Waals surface area contributed by atoms with Crippen molar-refractivity contribution in [2.45, 2.75) is 0 Å². The number of nitrogens with zero attached hydrogens (tertiary/aromatic N) is 2. The van der Waals surface area contributed by atoms with Gasteiger partial charge in [0.1, 0.15) is 17.9 Å². The van der Waals surface area contributed by atoms with Gasteiger partial charge >= 0.3 is 5.97 Å². The lowest BCUT2D eigenvalue weighted by atomic mass is 10.1. The highest BCUT2D eigenvalue weighted by atomic mass is 16.5. The van der Waals surface area contributed by atoms with Crippen LogP contribution in [0.4, 0.5) is 0 Å². The predicted molar refractivity (Wildman–Crippen MR) is 88.5 cm³/mol. The number of carboxylic acids is 1. The van der Waals surface area contributed by atoms with Gasteiger partial charge in [-0.2, -0.15) is 9.78 Å². The van der Waals surface area contributed by atoms with E-state index in [9.17, 15) is 9.90 Å². The van der Waals surface area contributed by atoms with E-state index < -0.39 is 5.97 Å². The Kier molecular flexibility index (Phi) is 4.58. The van der Waals surface area contributed by atoms with Gasteiger partial charge in [-0.1, -0.05) is 48.5 Å². The first kappa shape index (κ1) is 15.8. The Morgan fingerprint density at radius 2 is 1.67 bits per heavy atom. The largest absolute Gasteiger partial charge is 0.477 e. The van der Waals surface area contributed by atoms with Crippen LogP contribution in [0.1, 0.15) is 10.4 Å². The fraction of sp³-hybridized carbons (Fsp3) is 0.111. The average Bonchev–Trinajstić information content (AvgIpc) is 3.01. The van der Waals surface area contributed by atoms with Crippen molar-refractivity contribution in [3.63, 3.8) is 0 Å². The summed E-state index contributed by atoms with van der Waals surface area (Å²) in [5.74, 6) is -1.04. The Balaban J connectivity index is 2.23. The van der Waals surface area contributed by atoms with E-state index in [2.05, 4.69) is 5.10 Å². The summed E-state index contributed by atoms with van der Waals surface area (Å²) in [7, 11) is 0. The van der Waals surface area contributed by atoms with E-state index in [0.29, 0.717) is 16.9 Å². The molecular formula is C18H16N2O4. The Bertz CT molecular complexity index is 829. The minimum Gasteiger partial charge on any atom is -0.477 e. The van der Waals surface area contributed by atoms with Crippen LogP contribution in [0.3, 0.4) is 0 Å². The summed E-state index contributed by atoms with van der Waals surface area (Å²) in [5.41, 5.74) is 1.65. The number of hydrogen-bond acceptors (Lipinski definition) is 4. The Hall–Kier alpha value is -3.12. The van der Waals surface area contributed by atoms with Crippen LogP contribution in [-0.4, -0.2) is 39.2 Å². The number of aromatic nitrogens is 2. The number of aromatic carboxylic acids is 1. The molecule has 2 aromatic carbocycles. The molecule has 3 rings (SSSR count). The third kappa shape index (κ3) is 3.00. The summed E-state index contributed by atoms with van der Waals surface area (Å²) in [6, 6.07) is 18.2. The lowest BCUT2D eigenvalue weighted by Crippen LogP contribution is -2.10. The van der Waals surface area contributed by atoms with Gasteiger partial charge in [0.25, 0.3) is 0 Å². The van der Waals surface area contributed by atoms with Crippen LogP contribution in [0.15, 0.2) is 60.7 Å². The summed E-state index contributed by atoms with van der Waals surface area (Å²) in [5, 5.41) is 23.2. The molecule has 24 heavy (non-hydrogen) atoms. The zero-order chi connectivity index (χ0) is 16.9. The van der Waals surface area contributed by atoms with Gasteiger partial charge in [-0.05, 0) is 12.1 Å². The molecule has 0 saturated carbocycles. The van der Waals surface area contributed by atoms with Crippen LogP contribution in [0.2, 0.25) is 0 Å².